The summed E-state index contributed by atoms with van der Waals surface area (Å²) in [5, 5.41) is 6.01. The minimum absolute atomic E-state index is 0.0140. The summed E-state index contributed by atoms with van der Waals surface area (Å²) in [6.07, 6.45) is -3.58. The van der Waals surface area contributed by atoms with Crippen LogP contribution in [0.25, 0.3) is 0 Å². The molecule has 0 saturated carbocycles. The van der Waals surface area contributed by atoms with Gasteiger partial charge in [0, 0.05) is 10.9 Å². The molecule has 4 nitrogen and oxygen atoms in total. The number of anilines is 1. The number of nitrogens with zero attached hydrogens (tertiary/aromatic N) is 2. The van der Waals surface area contributed by atoms with E-state index in [9.17, 15) is 22.0 Å². The topological polar surface area (TPSA) is 46.5 Å². The predicted molar refractivity (Wildman–Crippen MR) is 76.0 cm³/mol. The van der Waals surface area contributed by atoms with E-state index >= 15 is 0 Å². The molecule has 0 bridgehead atoms. The zero-order valence-electron chi connectivity index (χ0n) is 11.6. The normalized spacial score (nSPS) is 11.9. The maximum absolute atomic E-state index is 13.6. The number of hydrogen-bond donors (Lipinski definition) is 1. The smallest absolute Gasteiger partial charge is 0.422 e. The Labute approximate surface area is 131 Å². The maximum Gasteiger partial charge on any atom is 0.422 e. The van der Waals surface area contributed by atoms with Crippen molar-refractivity contribution in [3.05, 3.63) is 40.4 Å². The summed E-state index contributed by atoms with van der Waals surface area (Å²) in [7, 11) is 0. The standard InChI is InChI=1S/C13H10F5N3OS/c1-7-5-23-12(20-7)21-19-4-8-2-9(14)11(10(15)3-8)22-6-13(16,17)18/h2-5H,6H2,1H3,(H,20,21). The van der Waals surface area contributed by atoms with Crippen molar-refractivity contribution in [3.63, 3.8) is 0 Å². The second-order valence-electron chi connectivity index (χ2n) is 4.38. The van der Waals surface area contributed by atoms with Crippen LogP contribution in [0.1, 0.15) is 11.3 Å². The van der Waals surface area contributed by atoms with Gasteiger partial charge < -0.3 is 4.74 Å². The van der Waals surface area contributed by atoms with Gasteiger partial charge in [-0.2, -0.15) is 18.3 Å². The van der Waals surface area contributed by atoms with Crippen molar-refractivity contribution in [2.75, 3.05) is 12.0 Å². The Bertz CT molecular complexity index is 691. The maximum atomic E-state index is 13.6. The summed E-state index contributed by atoms with van der Waals surface area (Å²) < 4.78 is 67.4. The van der Waals surface area contributed by atoms with E-state index in [1.165, 1.54) is 11.3 Å². The van der Waals surface area contributed by atoms with E-state index in [0.29, 0.717) is 5.13 Å². The van der Waals surface area contributed by atoms with E-state index in [-0.39, 0.29) is 5.56 Å². The van der Waals surface area contributed by atoms with Gasteiger partial charge in [0.15, 0.2) is 24.0 Å². The number of hydrazone groups is 1. The van der Waals surface area contributed by atoms with Gasteiger partial charge in [-0.3, -0.25) is 5.43 Å². The van der Waals surface area contributed by atoms with Crippen molar-refractivity contribution in [1.29, 1.82) is 0 Å². The summed E-state index contributed by atoms with van der Waals surface area (Å²) in [5.41, 5.74) is 3.37. The number of thiazole rings is 1. The van der Waals surface area contributed by atoms with Crippen molar-refractivity contribution < 1.29 is 26.7 Å². The predicted octanol–water partition coefficient (Wildman–Crippen LogP) is 4.12. The number of nitrogens with one attached hydrogen (secondary N) is 1. The van der Waals surface area contributed by atoms with Crippen LogP contribution < -0.4 is 10.2 Å². The van der Waals surface area contributed by atoms with Crippen molar-refractivity contribution >= 4 is 22.7 Å². The monoisotopic (exact) mass is 351 g/mol. The fourth-order valence-electron chi connectivity index (χ4n) is 1.51. The lowest BCUT2D eigenvalue weighted by Gasteiger charge is -2.11. The molecule has 0 fully saturated rings. The van der Waals surface area contributed by atoms with E-state index in [1.807, 2.05) is 0 Å². The summed E-state index contributed by atoms with van der Waals surface area (Å²) in [6, 6.07) is 1.63. The van der Waals surface area contributed by atoms with Gasteiger partial charge >= 0.3 is 6.18 Å². The van der Waals surface area contributed by atoms with Gasteiger partial charge in [-0.15, -0.1) is 11.3 Å². The first-order chi connectivity index (χ1) is 10.7. The molecule has 0 spiro atoms. The van der Waals surface area contributed by atoms with E-state index in [1.54, 1.807) is 12.3 Å². The third kappa shape index (κ3) is 5.16. The molecule has 2 aromatic rings. The zero-order chi connectivity index (χ0) is 17.0. The van der Waals surface area contributed by atoms with Crippen LogP contribution in [0.4, 0.5) is 27.1 Å². The number of aromatic nitrogens is 1. The van der Waals surface area contributed by atoms with Crippen LogP contribution >= 0.6 is 11.3 Å². The molecule has 1 aromatic heterocycles. The lowest BCUT2D eigenvalue weighted by atomic mass is 10.2. The van der Waals surface area contributed by atoms with Crippen molar-refractivity contribution in [2.24, 2.45) is 5.10 Å². The number of hydrogen-bond acceptors (Lipinski definition) is 5. The quantitative estimate of drug-likeness (QED) is 0.501. The van der Waals surface area contributed by atoms with Crippen LogP contribution in [-0.4, -0.2) is 24.0 Å². The number of rotatable bonds is 5. The van der Waals surface area contributed by atoms with Crippen molar-refractivity contribution in [2.45, 2.75) is 13.1 Å². The molecule has 124 valence electrons. The minimum atomic E-state index is -4.69. The van der Waals surface area contributed by atoms with Gasteiger partial charge in [0.25, 0.3) is 0 Å². The third-order valence-corrected chi connectivity index (χ3v) is 3.26. The lowest BCUT2D eigenvalue weighted by molar-refractivity contribution is -0.154. The van der Waals surface area contributed by atoms with Gasteiger partial charge in [-0.25, -0.2) is 13.8 Å². The first-order valence-corrected chi connectivity index (χ1v) is 7.02. The number of alkyl halides is 3. The molecule has 0 amide bonds. The Kier molecular flexibility index (Phi) is 5.14. The number of benzene rings is 1. The largest absolute Gasteiger partial charge is 0.478 e. The Morgan fingerprint density at radius 3 is 2.48 bits per heavy atom. The second-order valence-corrected chi connectivity index (χ2v) is 5.24. The molecule has 10 heteroatoms. The average molecular weight is 351 g/mol. The number of aryl methyl sites for hydroxylation is 1. The SMILES string of the molecule is Cc1csc(NN=Cc2cc(F)c(OCC(F)(F)F)c(F)c2)n1. The molecule has 1 heterocycles. The third-order valence-electron chi connectivity index (χ3n) is 2.39. The molecule has 0 aliphatic rings. The molecule has 0 atom stereocenters. The van der Waals surface area contributed by atoms with Crippen molar-refractivity contribution in [1.82, 2.24) is 4.98 Å². The van der Waals surface area contributed by atoms with Crippen LogP contribution in [0.2, 0.25) is 0 Å². The molecule has 0 unspecified atom stereocenters. The molecule has 0 saturated heterocycles. The highest BCUT2D eigenvalue weighted by atomic mass is 32.1. The highest BCUT2D eigenvalue weighted by molar-refractivity contribution is 7.13. The van der Waals surface area contributed by atoms with E-state index in [0.717, 1.165) is 24.0 Å². The summed E-state index contributed by atoms with van der Waals surface area (Å²) >= 11 is 1.29. The van der Waals surface area contributed by atoms with Gasteiger partial charge in [0.05, 0.1) is 11.9 Å². The van der Waals surface area contributed by atoms with Crippen LogP contribution in [0, 0.1) is 18.6 Å². The van der Waals surface area contributed by atoms with Crippen LogP contribution in [0.3, 0.4) is 0 Å². The molecule has 2 rings (SSSR count). The molecule has 0 radical (unpaired) electrons. The van der Waals surface area contributed by atoms with Gasteiger partial charge in [-0.1, -0.05) is 0 Å². The highest BCUT2D eigenvalue weighted by Crippen LogP contribution is 2.25. The Morgan fingerprint density at radius 1 is 1.30 bits per heavy atom. The number of halogens is 5. The second kappa shape index (κ2) is 6.90. The lowest BCUT2D eigenvalue weighted by Crippen LogP contribution is -2.20. The fraction of sp³-hybridized carbons (Fsp3) is 0.231. The first kappa shape index (κ1) is 17.1. The van der Waals surface area contributed by atoms with Crippen LogP contribution in [-0.2, 0) is 0 Å². The van der Waals surface area contributed by atoms with Gasteiger partial charge in [0.2, 0.25) is 5.13 Å². The highest BCUT2D eigenvalue weighted by Gasteiger charge is 2.29. The molecular formula is C13H10F5N3OS. The molecule has 1 aromatic carbocycles. The van der Waals surface area contributed by atoms with Gasteiger partial charge in [-0.05, 0) is 19.1 Å². The molecular weight excluding hydrogens is 341 g/mol. The molecule has 1 N–H and O–H groups in total. The Morgan fingerprint density at radius 2 is 1.96 bits per heavy atom. The Balaban J connectivity index is 2.06. The molecule has 0 aliphatic carbocycles. The van der Waals surface area contributed by atoms with E-state index in [2.05, 4.69) is 20.2 Å². The summed E-state index contributed by atoms with van der Waals surface area (Å²) in [5.74, 6) is -3.58. The average Bonchev–Trinajstić information content (AvgIpc) is 2.82. The molecule has 23 heavy (non-hydrogen) atoms. The van der Waals surface area contributed by atoms with Gasteiger partial charge in [0.1, 0.15) is 0 Å². The van der Waals surface area contributed by atoms with Crippen molar-refractivity contribution in [3.8, 4) is 5.75 Å². The van der Waals surface area contributed by atoms with Crippen LogP contribution in [0.15, 0.2) is 22.6 Å². The first-order valence-electron chi connectivity index (χ1n) is 6.14. The van der Waals surface area contributed by atoms with E-state index < -0.39 is 30.2 Å². The zero-order valence-corrected chi connectivity index (χ0v) is 12.4. The number of ether oxygens (including phenoxy) is 1. The minimum Gasteiger partial charge on any atom is -0.478 e. The Hall–Kier alpha value is -2.23. The summed E-state index contributed by atoms with van der Waals surface area (Å²) in [6.45, 7) is 0.00898. The summed E-state index contributed by atoms with van der Waals surface area (Å²) in [4.78, 5) is 4.06. The van der Waals surface area contributed by atoms with E-state index in [4.69, 9.17) is 0 Å². The van der Waals surface area contributed by atoms with Crippen LogP contribution in [0.5, 0.6) is 5.75 Å². The molecule has 0 aliphatic heterocycles. The fourth-order valence-corrected chi connectivity index (χ4v) is 2.15.